The number of fused-ring (bicyclic) bond motifs is 3. The summed E-state index contributed by atoms with van der Waals surface area (Å²) < 4.78 is 22.5. The molecule has 1 saturated heterocycles. The van der Waals surface area contributed by atoms with Crippen LogP contribution in [-0.2, 0) is 11.3 Å². The predicted octanol–water partition coefficient (Wildman–Crippen LogP) is 1.18. The lowest BCUT2D eigenvalue weighted by atomic mass is 10.2. The van der Waals surface area contributed by atoms with Crippen molar-refractivity contribution in [2.24, 2.45) is 0 Å². The monoisotopic (exact) mass is 349 g/mol. The van der Waals surface area contributed by atoms with Crippen molar-refractivity contribution >= 4 is 28.9 Å². The SMILES string of the molecule is O=c1c2cc(F)ccc2n2c(=S)[nH]nc2n1CCN1CCOCC1. The minimum absolute atomic E-state index is 0.265. The average molecular weight is 349 g/mol. The molecular formula is C15H16FN5O2S. The van der Waals surface area contributed by atoms with Crippen molar-refractivity contribution in [1.29, 1.82) is 0 Å². The van der Waals surface area contributed by atoms with Crippen molar-refractivity contribution in [3.63, 3.8) is 0 Å². The van der Waals surface area contributed by atoms with Crippen molar-refractivity contribution in [3.05, 3.63) is 39.1 Å². The van der Waals surface area contributed by atoms with Gasteiger partial charge >= 0.3 is 0 Å². The summed E-state index contributed by atoms with van der Waals surface area (Å²) in [5.74, 6) is -0.00828. The first kappa shape index (κ1) is 15.4. The van der Waals surface area contributed by atoms with E-state index in [0.29, 0.717) is 47.8 Å². The second-order valence-corrected chi connectivity index (χ2v) is 6.12. The number of hydrogen-bond donors (Lipinski definition) is 1. The fourth-order valence-electron chi connectivity index (χ4n) is 3.07. The average Bonchev–Trinajstić information content (AvgIpc) is 2.97. The molecule has 3 heterocycles. The molecule has 0 unspecified atom stereocenters. The zero-order valence-corrected chi connectivity index (χ0v) is 13.7. The Morgan fingerprint density at radius 1 is 1.29 bits per heavy atom. The van der Waals surface area contributed by atoms with E-state index in [1.54, 1.807) is 15.0 Å². The van der Waals surface area contributed by atoms with Crippen LogP contribution in [0.25, 0.3) is 16.7 Å². The van der Waals surface area contributed by atoms with E-state index in [9.17, 15) is 9.18 Å². The molecule has 1 fully saturated rings. The molecule has 24 heavy (non-hydrogen) atoms. The highest BCUT2D eigenvalue weighted by Gasteiger charge is 2.16. The maximum atomic E-state index is 13.6. The van der Waals surface area contributed by atoms with Crippen LogP contribution in [0.5, 0.6) is 0 Å². The Balaban J connectivity index is 1.85. The summed E-state index contributed by atoms with van der Waals surface area (Å²) in [6.07, 6.45) is 0. The second-order valence-electron chi connectivity index (χ2n) is 5.74. The van der Waals surface area contributed by atoms with Crippen LogP contribution in [0.1, 0.15) is 0 Å². The number of nitrogens with one attached hydrogen (secondary N) is 1. The topological polar surface area (TPSA) is 67.6 Å². The zero-order chi connectivity index (χ0) is 16.7. The van der Waals surface area contributed by atoms with Crippen LogP contribution in [-0.4, -0.2) is 56.9 Å². The van der Waals surface area contributed by atoms with E-state index in [1.807, 2.05) is 0 Å². The Morgan fingerprint density at radius 2 is 2.08 bits per heavy atom. The maximum Gasteiger partial charge on any atom is 0.262 e. The molecule has 2 aromatic heterocycles. The van der Waals surface area contributed by atoms with Gasteiger partial charge in [-0.2, -0.15) is 0 Å². The Bertz CT molecular complexity index is 1020. The molecule has 0 radical (unpaired) electrons. The largest absolute Gasteiger partial charge is 0.379 e. The van der Waals surface area contributed by atoms with Crippen LogP contribution in [0.4, 0.5) is 4.39 Å². The minimum Gasteiger partial charge on any atom is -0.379 e. The third kappa shape index (κ3) is 2.54. The zero-order valence-electron chi connectivity index (χ0n) is 12.9. The molecular weight excluding hydrogens is 333 g/mol. The summed E-state index contributed by atoms with van der Waals surface area (Å²) in [4.78, 5) is 15.1. The number of rotatable bonds is 3. The van der Waals surface area contributed by atoms with Gasteiger partial charge in [-0.3, -0.25) is 18.7 Å². The van der Waals surface area contributed by atoms with Gasteiger partial charge in [-0.25, -0.2) is 9.49 Å². The summed E-state index contributed by atoms with van der Waals surface area (Å²) in [6, 6.07) is 4.11. The van der Waals surface area contributed by atoms with E-state index in [2.05, 4.69) is 15.1 Å². The fourth-order valence-corrected chi connectivity index (χ4v) is 3.29. The molecule has 0 atom stereocenters. The van der Waals surface area contributed by atoms with Crippen LogP contribution in [0, 0.1) is 10.6 Å². The van der Waals surface area contributed by atoms with E-state index in [0.717, 1.165) is 13.1 Å². The molecule has 9 heteroatoms. The lowest BCUT2D eigenvalue weighted by molar-refractivity contribution is 0.0364. The summed E-state index contributed by atoms with van der Waals surface area (Å²) in [6.45, 7) is 4.20. The summed E-state index contributed by atoms with van der Waals surface area (Å²) >= 11 is 5.27. The highest BCUT2D eigenvalue weighted by molar-refractivity contribution is 7.71. The minimum atomic E-state index is -0.450. The molecule has 1 aromatic carbocycles. The first-order valence-electron chi connectivity index (χ1n) is 7.74. The summed E-state index contributed by atoms with van der Waals surface area (Å²) in [7, 11) is 0. The van der Waals surface area contributed by atoms with Gasteiger partial charge in [0.25, 0.3) is 5.56 Å². The van der Waals surface area contributed by atoms with Crippen LogP contribution in [0.3, 0.4) is 0 Å². The Labute approximate surface area is 141 Å². The molecule has 0 saturated carbocycles. The molecule has 3 aromatic rings. The van der Waals surface area contributed by atoms with E-state index in [1.165, 1.54) is 12.1 Å². The third-order valence-corrected chi connectivity index (χ3v) is 4.59. The molecule has 126 valence electrons. The number of nitrogens with zero attached hydrogens (tertiary/aromatic N) is 4. The molecule has 4 rings (SSSR count). The van der Waals surface area contributed by atoms with Gasteiger partial charge < -0.3 is 4.74 Å². The van der Waals surface area contributed by atoms with Gasteiger partial charge in [0, 0.05) is 26.2 Å². The van der Waals surface area contributed by atoms with Gasteiger partial charge in [-0.15, -0.1) is 5.10 Å². The van der Waals surface area contributed by atoms with E-state index >= 15 is 0 Å². The van der Waals surface area contributed by atoms with Gasteiger partial charge in [0.1, 0.15) is 5.82 Å². The van der Waals surface area contributed by atoms with E-state index in [-0.39, 0.29) is 5.56 Å². The van der Waals surface area contributed by atoms with E-state index in [4.69, 9.17) is 17.0 Å². The number of ether oxygens (including phenoxy) is 1. The molecule has 0 amide bonds. The number of H-pyrrole nitrogens is 1. The number of hydrogen-bond acceptors (Lipinski definition) is 5. The molecule has 1 N–H and O–H groups in total. The molecule has 1 aliphatic rings. The Kier molecular flexibility index (Phi) is 3.91. The summed E-state index contributed by atoms with van der Waals surface area (Å²) in [5, 5.41) is 7.20. The van der Waals surface area contributed by atoms with Gasteiger partial charge in [-0.05, 0) is 30.4 Å². The number of morpholine rings is 1. The molecule has 1 aliphatic heterocycles. The smallest absolute Gasteiger partial charge is 0.262 e. The van der Waals surface area contributed by atoms with Crippen LogP contribution < -0.4 is 5.56 Å². The number of aromatic nitrogens is 4. The Hall–Kier alpha value is -2.10. The number of halogens is 1. The van der Waals surface area contributed by atoms with Crippen LogP contribution in [0.2, 0.25) is 0 Å². The quantitative estimate of drug-likeness (QED) is 0.719. The lowest BCUT2D eigenvalue weighted by Crippen LogP contribution is -2.39. The second kappa shape index (κ2) is 6.08. The first-order valence-corrected chi connectivity index (χ1v) is 8.15. The third-order valence-electron chi connectivity index (χ3n) is 4.31. The molecule has 7 nitrogen and oxygen atoms in total. The predicted molar refractivity (Wildman–Crippen MR) is 89.4 cm³/mol. The van der Waals surface area contributed by atoms with Crippen molar-refractivity contribution < 1.29 is 9.13 Å². The lowest BCUT2D eigenvalue weighted by Gasteiger charge is -2.26. The fraction of sp³-hybridized carbons (Fsp3) is 0.400. The van der Waals surface area contributed by atoms with Crippen LogP contribution in [0.15, 0.2) is 23.0 Å². The van der Waals surface area contributed by atoms with Gasteiger partial charge in [0.15, 0.2) is 0 Å². The van der Waals surface area contributed by atoms with Crippen molar-refractivity contribution in [1.82, 2.24) is 24.1 Å². The number of aromatic amines is 1. The molecule has 0 bridgehead atoms. The van der Waals surface area contributed by atoms with Crippen LogP contribution >= 0.6 is 12.2 Å². The molecule has 0 spiro atoms. The van der Waals surface area contributed by atoms with Gasteiger partial charge in [-0.1, -0.05) is 0 Å². The van der Waals surface area contributed by atoms with Crippen molar-refractivity contribution in [3.8, 4) is 0 Å². The van der Waals surface area contributed by atoms with E-state index < -0.39 is 5.82 Å². The van der Waals surface area contributed by atoms with Gasteiger partial charge in [0.05, 0.1) is 24.1 Å². The first-order chi connectivity index (χ1) is 11.6. The number of benzene rings is 1. The Morgan fingerprint density at radius 3 is 2.88 bits per heavy atom. The summed E-state index contributed by atoms with van der Waals surface area (Å²) in [5.41, 5.74) is 0.289. The molecule has 0 aliphatic carbocycles. The van der Waals surface area contributed by atoms with Crippen molar-refractivity contribution in [2.75, 3.05) is 32.8 Å². The normalized spacial score (nSPS) is 16.2. The van der Waals surface area contributed by atoms with Gasteiger partial charge in [0.2, 0.25) is 10.5 Å². The highest BCUT2D eigenvalue weighted by atomic mass is 32.1. The highest BCUT2D eigenvalue weighted by Crippen LogP contribution is 2.14. The standard InChI is InChI=1S/C15H16FN5O2S/c16-10-1-2-12-11(9-10)13(22)20(14-17-18-15(24)21(12)14)4-3-19-5-7-23-8-6-19/h1-2,9H,3-8H2,(H,18,24). The maximum absolute atomic E-state index is 13.6. The van der Waals surface area contributed by atoms with Crippen molar-refractivity contribution in [2.45, 2.75) is 6.54 Å².